The van der Waals surface area contributed by atoms with Gasteiger partial charge in [0, 0.05) is 22.8 Å². The van der Waals surface area contributed by atoms with Gasteiger partial charge in [-0.05, 0) is 79.2 Å². The Kier molecular flexibility index (Phi) is 14.1. The number of carbonyl (C=O) groups excluding carboxylic acids is 1. The van der Waals surface area contributed by atoms with Crippen molar-refractivity contribution in [2.24, 2.45) is 0 Å². The van der Waals surface area contributed by atoms with E-state index in [1.165, 1.54) is 14.2 Å². The van der Waals surface area contributed by atoms with Gasteiger partial charge in [0.25, 0.3) is 0 Å². The second-order valence-electron chi connectivity index (χ2n) is 13.6. The zero-order valence-electron chi connectivity index (χ0n) is 30.7. The zero-order chi connectivity index (χ0) is 37.2. The Morgan fingerprint density at radius 3 is 2.02 bits per heavy atom. The van der Waals surface area contributed by atoms with E-state index >= 15 is 0 Å². The first-order chi connectivity index (χ1) is 23.6. The molecule has 12 heteroatoms. The van der Waals surface area contributed by atoms with E-state index in [1.54, 1.807) is 26.4 Å². The third-order valence-corrected chi connectivity index (χ3v) is 8.84. The van der Waals surface area contributed by atoms with Crippen molar-refractivity contribution in [1.82, 2.24) is 0 Å². The molecule has 0 saturated carbocycles. The Bertz CT molecular complexity index is 1560. The van der Waals surface area contributed by atoms with E-state index in [-0.39, 0.29) is 18.8 Å². The lowest BCUT2D eigenvalue weighted by atomic mass is 9.88. The van der Waals surface area contributed by atoms with E-state index in [1.807, 2.05) is 40.7 Å². The first kappa shape index (κ1) is 40.1. The summed E-state index contributed by atoms with van der Waals surface area (Å²) in [5.41, 5.74) is 2.45. The fourth-order valence-corrected chi connectivity index (χ4v) is 6.07. The summed E-state index contributed by atoms with van der Waals surface area (Å²) in [6, 6.07) is 5.40. The van der Waals surface area contributed by atoms with Crippen molar-refractivity contribution < 1.29 is 57.8 Å². The van der Waals surface area contributed by atoms with Gasteiger partial charge in [-0.15, -0.1) is 0 Å². The number of allylic oxidation sites excluding steroid dienone is 2. The maximum atomic E-state index is 13.9. The number of rotatable bonds is 20. The molecule has 0 amide bonds. The molecular weight excluding hydrogens is 648 g/mol. The van der Waals surface area contributed by atoms with E-state index in [4.69, 9.17) is 43.4 Å². The van der Waals surface area contributed by atoms with E-state index in [0.717, 1.165) is 29.5 Å². The van der Waals surface area contributed by atoms with Gasteiger partial charge in [-0.2, -0.15) is 0 Å². The molecule has 276 valence electrons. The van der Waals surface area contributed by atoms with Gasteiger partial charge in [-0.25, -0.2) is 9.59 Å². The molecule has 2 aromatic carbocycles. The molecule has 1 atom stereocenters. The van der Waals surface area contributed by atoms with Crippen LogP contribution in [0.5, 0.6) is 28.7 Å². The summed E-state index contributed by atoms with van der Waals surface area (Å²) in [7, 11) is 6.18. The third kappa shape index (κ3) is 10.6. The summed E-state index contributed by atoms with van der Waals surface area (Å²) in [6.07, 6.45) is 5.18. The van der Waals surface area contributed by atoms with Crippen LogP contribution < -0.4 is 23.7 Å². The van der Waals surface area contributed by atoms with Crippen molar-refractivity contribution in [2.45, 2.75) is 96.9 Å². The van der Waals surface area contributed by atoms with Gasteiger partial charge in [0.05, 0.1) is 46.1 Å². The Hall–Kier alpha value is -4.29. The lowest BCUT2D eigenvalue weighted by molar-refractivity contribution is -0.149. The van der Waals surface area contributed by atoms with Crippen molar-refractivity contribution in [3.05, 3.63) is 52.1 Å². The fraction of sp³-hybridized carbons (Fsp3) is 0.553. The topological polar surface area (TPSA) is 156 Å². The molecule has 1 aliphatic rings. The SMILES string of the molecule is COc1cc2c(c(OC)c1CCC(C)(C)OCC(=O)O)C(=O)C[C@@H](c1ccc(OC)c(OC)c1C/C=C(\C)CCCC(C)(C)OCC(=O)O)O2. The van der Waals surface area contributed by atoms with Crippen molar-refractivity contribution >= 4 is 17.7 Å². The number of ether oxygens (including phenoxy) is 7. The van der Waals surface area contributed by atoms with E-state index in [9.17, 15) is 14.4 Å². The number of carboxylic acids is 2. The molecule has 0 spiro atoms. The van der Waals surface area contributed by atoms with Crippen LogP contribution in [0, 0.1) is 0 Å². The van der Waals surface area contributed by atoms with Gasteiger partial charge in [0.2, 0.25) is 0 Å². The number of carboxylic acid groups (broad SMARTS) is 2. The lowest BCUT2D eigenvalue weighted by Crippen LogP contribution is -2.28. The summed E-state index contributed by atoms with van der Waals surface area (Å²) in [4.78, 5) is 35.9. The van der Waals surface area contributed by atoms with Crippen LogP contribution in [0.3, 0.4) is 0 Å². The zero-order valence-corrected chi connectivity index (χ0v) is 30.7. The molecule has 1 heterocycles. The highest BCUT2D eigenvalue weighted by atomic mass is 16.5. The predicted molar refractivity (Wildman–Crippen MR) is 186 cm³/mol. The lowest BCUT2D eigenvalue weighted by Gasteiger charge is -2.31. The second-order valence-corrected chi connectivity index (χ2v) is 13.6. The Labute approximate surface area is 294 Å². The van der Waals surface area contributed by atoms with Gasteiger partial charge in [-0.3, -0.25) is 4.79 Å². The quantitative estimate of drug-likeness (QED) is 0.140. The van der Waals surface area contributed by atoms with Gasteiger partial charge in [0.1, 0.15) is 42.1 Å². The maximum Gasteiger partial charge on any atom is 0.329 e. The molecule has 3 rings (SSSR count). The first-order valence-electron chi connectivity index (χ1n) is 16.6. The number of hydrogen-bond acceptors (Lipinski definition) is 10. The molecule has 2 N–H and O–H groups in total. The Morgan fingerprint density at radius 1 is 0.860 bits per heavy atom. The molecule has 0 fully saturated rings. The van der Waals surface area contributed by atoms with Crippen LogP contribution in [0.1, 0.15) is 99.9 Å². The number of carbonyl (C=O) groups is 3. The molecule has 0 radical (unpaired) electrons. The molecule has 50 heavy (non-hydrogen) atoms. The van der Waals surface area contributed by atoms with Crippen molar-refractivity contribution in [2.75, 3.05) is 41.7 Å². The summed E-state index contributed by atoms with van der Waals surface area (Å²) in [5.74, 6) is 0.0880. The number of ketones is 1. The standard InChI is InChI=1S/C38H52O12/c1-23(11-10-17-37(2,3)48-21-32(40)41)12-13-25-24(14-15-28(44-6)35(25)46-8)30-19-27(39)34-31(50-30)20-29(45-7)26(36(34)47-9)16-18-38(4,5)49-22-33(42)43/h12,14-15,20,30H,10-11,13,16-19,21-22H2,1-9H3,(H,40,41)(H,42,43)/b23-12+/t30-/m0/s1. The van der Waals surface area contributed by atoms with Crippen molar-refractivity contribution in [3.63, 3.8) is 0 Å². The van der Waals surface area contributed by atoms with Gasteiger partial charge >= 0.3 is 11.9 Å². The summed E-state index contributed by atoms with van der Waals surface area (Å²) in [6.45, 7) is 8.69. The molecule has 0 unspecified atom stereocenters. The minimum Gasteiger partial charge on any atom is -0.496 e. The molecule has 12 nitrogen and oxygen atoms in total. The average molecular weight is 701 g/mol. The van der Waals surface area contributed by atoms with Crippen LogP contribution in [0.25, 0.3) is 0 Å². The third-order valence-electron chi connectivity index (χ3n) is 8.84. The normalized spacial score (nSPS) is 14.9. The average Bonchev–Trinajstić information content (AvgIpc) is 3.06. The monoisotopic (exact) mass is 700 g/mol. The van der Waals surface area contributed by atoms with Crippen LogP contribution >= 0.6 is 0 Å². The van der Waals surface area contributed by atoms with E-state index < -0.39 is 35.9 Å². The molecule has 2 aromatic rings. The van der Waals surface area contributed by atoms with Crippen molar-refractivity contribution in [3.8, 4) is 28.7 Å². The summed E-state index contributed by atoms with van der Waals surface area (Å²) < 4.78 is 40.6. The molecule has 0 aromatic heterocycles. The number of aliphatic carboxylic acids is 2. The largest absolute Gasteiger partial charge is 0.496 e. The number of methoxy groups -OCH3 is 4. The summed E-state index contributed by atoms with van der Waals surface area (Å²) >= 11 is 0. The number of benzene rings is 2. The highest BCUT2D eigenvalue weighted by molar-refractivity contribution is 6.03. The Morgan fingerprint density at radius 2 is 1.46 bits per heavy atom. The molecule has 0 saturated heterocycles. The molecule has 0 aliphatic carbocycles. The highest BCUT2D eigenvalue weighted by Gasteiger charge is 2.36. The molecule has 0 bridgehead atoms. The van der Waals surface area contributed by atoms with E-state index in [0.29, 0.717) is 65.6 Å². The van der Waals surface area contributed by atoms with Crippen LogP contribution in [-0.2, 0) is 31.9 Å². The number of hydrogen-bond donors (Lipinski definition) is 2. The van der Waals surface area contributed by atoms with Gasteiger partial charge in [0.15, 0.2) is 17.3 Å². The number of fused-ring (bicyclic) bond motifs is 1. The van der Waals surface area contributed by atoms with E-state index in [2.05, 4.69) is 6.08 Å². The van der Waals surface area contributed by atoms with Crippen LogP contribution in [0.4, 0.5) is 0 Å². The van der Waals surface area contributed by atoms with Gasteiger partial charge in [-0.1, -0.05) is 17.7 Å². The minimum atomic E-state index is -1.05. The van der Waals surface area contributed by atoms with Gasteiger partial charge < -0.3 is 43.4 Å². The van der Waals surface area contributed by atoms with Crippen LogP contribution in [0.2, 0.25) is 0 Å². The second kappa shape index (κ2) is 17.6. The minimum absolute atomic E-state index is 0.0545. The van der Waals surface area contributed by atoms with Crippen LogP contribution in [-0.4, -0.2) is 80.8 Å². The number of Topliss-reactive ketones (excluding diaryl/α,β-unsaturated/α-hetero) is 1. The molecule has 1 aliphatic heterocycles. The predicted octanol–water partition coefficient (Wildman–Crippen LogP) is 6.78. The molecular formula is C38H52O12. The maximum absolute atomic E-state index is 13.9. The smallest absolute Gasteiger partial charge is 0.329 e. The Balaban J connectivity index is 1.91. The van der Waals surface area contributed by atoms with Crippen molar-refractivity contribution in [1.29, 1.82) is 0 Å². The first-order valence-corrected chi connectivity index (χ1v) is 16.6. The fourth-order valence-electron chi connectivity index (χ4n) is 6.07. The van der Waals surface area contributed by atoms with Crippen LogP contribution in [0.15, 0.2) is 29.8 Å². The summed E-state index contributed by atoms with van der Waals surface area (Å²) in [5, 5.41) is 18.0. The highest BCUT2D eigenvalue weighted by Crippen LogP contribution is 2.48.